The Bertz CT molecular complexity index is 1010. The molecule has 1 N–H and O–H groups in total. The fourth-order valence-corrected chi connectivity index (χ4v) is 2.88. The minimum absolute atomic E-state index is 0.242. The maximum Gasteiger partial charge on any atom is 0.341 e. The van der Waals surface area contributed by atoms with E-state index in [1.54, 1.807) is 30.3 Å². The summed E-state index contributed by atoms with van der Waals surface area (Å²) in [6, 6.07) is 10.3. The van der Waals surface area contributed by atoms with Crippen molar-refractivity contribution in [3.63, 3.8) is 0 Å². The molecule has 0 bridgehead atoms. The van der Waals surface area contributed by atoms with Crippen LogP contribution in [0.3, 0.4) is 0 Å². The normalized spacial score (nSPS) is 10.6. The minimum Gasteiger partial charge on any atom is -0.496 e. The second-order valence-corrected chi connectivity index (χ2v) is 5.95. The molecule has 7 heteroatoms. The van der Waals surface area contributed by atoms with Crippen LogP contribution in [0, 0.1) is 0 Å². The number of ether oxygens (including phenoxy) is 2. The molecule has 6 nitrogen and oxygen atoms in total. The summed E-state index contributed by atoms with van der Waals surface area (Å²) in [6.07, 6.45) is 0. The third kappa shape index (κ3) is 3.23. The number of benzene rings is 2. The SMILES string of the molecule is COC(=O)c1cccc2cc(-c3cc(Cl)c(NC(C)=O)cc3OC)oc12. The van der Waals surface area contributed by atoms with Crippen molar-refractivity contribution in [1.29, 1.82) is 0 Å². The van der Waals surface area contributed by atoms with Crippen LogP contribution < -0.4 is 10.1 Å². The number of nitrogens with one attached hydrogen (secondary N) is 1. The maximum atomic E-state index is 11.9. The van der Waals surface area contributed by atoms with Gasteiger partial charge in [0.1, 0.15) is 22.7 Å². The summed E-state index contributed by atoms with van der Waals surface area (Å²) in [5.74, 6) is 0.219. The molecule has 134 valence electrons. The Labute approximate surface area is 154 Å². The molecule has 1 amide bonds. The largest absolute Gasteiger partial charge is 0.496 e. The first-order valence-electron chi connectivity index (χ1n) is 7.71. The molecule has 0 radical (unpaired) electrons. The van der Waals surface area contributed by atoms with Crippen molar-refractivity contribution in [2.24, 2.45) is 0 Å². The molecule has 1 heterocycles. The number of hydrogen-bond acceptors (Lipinski definition) is 5. The minimum atomic E-state index is -0.484. The lowest BCUT2D eigenvalue weighted by atomic mass is 10.1. The summed E-state index contributed by atoms with van der Waals surface area (Å²) in [5.41, 5.74) is 1.78. The lowest BCUT2D eigenvalue weighted by Crippen LogP contribution is -2.06. The van der Waals surface area contributed by atoms with Gasteiger partial charge in [0.25, 0.3) is 0 Å². The molecule has 0 saturated heterocycles. The molecular formula is C19H16ClNO5. The summed E-state index contributed by atoms with van der Waals surface area (Å²) in [7, 11) is 2.82. The highest BCUT2D eigenvalue weighted by Gasteiger charge is 2.19. The Morgan fingerprint density at radius 2 is 1.92 bits per heavy atom. The first-order chi connectivity index (χ1) is 12.4. The highest BCUT2D eigenvalue weighted by atomic mass is 35.5. The van der Waals surface area contributed by atoms with Crippen molar-refractivity contribution in [2.75, 3.05) is 19.5 Å². The molecule has 0 atom stereocenters. The molecule has 1 aromatic heterocycles. The number of anilines is 1. The zero-order chi connectivity index (χ0) is 18.8. The number of para-hydroxylation sites is 1. The van der Waals surface area contributed by atoms with Gasteiger partial charge in [-0.3, -0.25) is 4.79 Å². The van der Waals surface area contributed by atoms with Crippen LogP contribution in [0.2, 0.25) is 5.02 Å². The van der Waals surface area contributed by atoms with Gasteiger partial charge in [-0.05, 0) is 18.2 Å². The van der Waals surface area contributed by atoms with Crippen molar-refractivity contribution in [1.82, 2.24) is 0 Å². The van der Waals surface area contributed by atoms with Gasteiger partial charge in [-0.2, -0.15) is 0 Å². The quantitative estimate of drug-likeness (QED) is 0.681. The summed E-state index contributed by atoms with van der Waals surface area (Å²) >= 11 is 6.27. The van der Waals surface area contributed by atoms with Gasteiger partial charge in [-0.15, -0.1) is 0 Å². The summed E-state index contributed by atoms with van der Waals surface area (Å²) in [4.78, 5) is 23.2. The van der Waals surface area contributed by atoms with Crippen molar-refractivity contribution in [3.8, 4) is 17.1 Å². The van der Waals surface area contributed by atoms with E-state index in [1.807, 2.05) is 6.07 Å². The molecule has 26 heavy (non-hydrogen) atoms. The Balaban J connectivity index is 2.16. The van der Waals surface area contributed by atoms with Crippen molar-refractivity contribution in [3.05, 3.63) is 47.0 Å². The van der Waals surface area contributed by atoms with Crippen molar-refractivity contribution in [2.45, 2.75) is 6.92 Å². The second-order valence-electron chi connectivity index (χ2n) is 5.54. The van der Waals surface area contributed by atoms with Gasteiger partial charge >= 0.3 is 5.97 Å². The van der Waals surface area contributed by atoms with Gasteiger partial charge in [-0.25, -0.2) is 4.79 Å². The van der Waals surface area contributed by atoms with E-state index in [-0.39, 0.29) is 5.91 Å². The number of esters is 1. The average Bonchev–Trinajstić information content (AvgIpc) is 3.06. The number of fused-ring (bicyclic) bond motifs is 1. The van der Waals surface area contributed by atoms with Crippen LogP contribution in [0.1, 0.15) is 17.3 Å². The molecule has 0 aliphatic rings. The molecular weight excluding hydrogens is 358 g/mol. The van der Waals surface area contributed by atoms with E-state index < -0.39 is 5.97 Å². The Hall–Kier alpha value is -2.99. The molecule has 0 spiro atoms. The van der Waals surface area contributed by atoms with Gasteiger partial charge in [-0.1, -0.05) is 23.7 Å². The number of methoxy groups -OCH3 is 2. The highest BCUT2D eigenvalue weighted by molar-refractivity contribution is 6.34. The van der Waals surface area contributed by atoms with E-state index in [0.717, 1.165) is 5.39 Å². The fraction of sp³-hybridized carbons (Fsp3) is 0.158. The molecule has 2 aromatic carbocycles. The third-order valence-electron chi connectivity index (χ3n) is 3.81. The maximum absolute atomic E-state index is 11.9. The average molecular weight is 374 g/mol. The smallest absolute Gasteiger partial charge is 0.341 e. The third-order valence-corrected chi connectivity index (χ3v) is 4.13. The molecule has 0 fully saturated rings. The van der Waals surface area contributed by atoms with Crippen LogP contribution in [0.4, 0.5) is 5.69 Å². The van der Waals surface area contributed by atoms with Crippen LogP contribution in [0.25, 0.3) is 22.3 Å². The van der Waals surface area contributed by atoms with E-state index in [1.165, 1.54) is 21.1 Å². The second kappa shape index (κ2) is 7.09. The lowest BCUT2D eigenvalue weighted by molar-refractivity contribution is -0.114. The molecule has 3 rings (SSSR count). The number of amides is 1. The predicted molar refractivity (Wildman–Crippen MR) is 98.9 cm³/mol. The van der Waals surface area contributed by atoms with Gasteiger partial charge < -0.3 is 19.2 Å². The lowest BCUT2D eigenvalue weighted by Gasteiger charge is -2.11. The Kier molecular flexibility index (Phi) is 4.86. The Morgan fingerprint density at radius 3 is 2.58 bits per heavy atom. The molecule has 0 saturated carbocycles. The molecule has 0 unspecified atom stereocenters. The van der Waals surface area contributed by atoms with Gasteiger partial charge in [0.15, 0.2) is 0 Å². The highest BCUT2D eigenvalue weighted by Crippen LogP contribution is 2.40. The monoisotopic (exact) mass is 373 g/mol. The molecule has 0 aliphatic heterocycles. The topological polar surface area (TPSA) is 77.8 Å². The summed E-state index contributed by atoms with van der Waals surface area (Å²) < 4.78 is 16.1. The van der Waals surface area contributed by atoms with E-state index in [9.17, 15) is 9.59 Å². The number of carbonyl (C=O) groups is 2. The predicted octanol–water partition coefficient (Wildman–Crippen LogP) is 4.51. The first kappa shape index (κ1) is 17.8. The van der Waals surface area contributed by atoms with Crippen LogP contribution >= 0.6 is 11.6 Å². The number of carbonyl (C=O) groups excluding carboxylic acids is 2. The van der Waals surface area contributed by atoms with Crippen LogP contribution in [-0.4, -0.2) is 26.1 Å². The standard InChI is InChI=1S/C19H16ClNO5/c1-10(22)21-15-9-16(24-2)13(8-14(15)20)17-7-11-5-4-6-12(18(11)26-17)19(23)25-3/h4-9H,1-3H3,(H,21,22). The molecule has 3 aromatic rings. The van der Waals surface area contributed by atoms with E-state index in [0.29, 0.717) is 38.9 Å². The van der Waals surface area contributed by atoms with E-state index in [4.69, 9.17) is 25.5 Å². The van der Waals surface area contributed by atoms with Gasteiger partial charge in [0.05, 0.1) is 30.5 Å². The number of hydrogen-bond donors (Lipinski definition) is 1. The van der Waals surface area contributed by atoms with Crippen molar-refractivity contribution < 1.29 is 23.5 Å². The summed E-state index contributed by atoms with van der Waals surface area (Å²) in [5, 5.41) is 3.72. The Morgan fingerprint density at radius 1 is 1.15 bits per heavy atom. The fourth-order valence-electron chi connectivity index (χ4n) is 2.67. The van der Waals surface area contributed by atoms with Crippen LogP contribution in [0.15, 0.2) is 40.8 Å². The van der Waals surface area contributed by atoms with Gasteiger partial charge in [0.2, 0.25) is 5.91 Å². The van der Waals surface area contributed by atoms with E-state index in [2.05, 4.69) is 5.32 Å². The van der Waals surface area contributed by atoms with Crippen molar-refractivity contribution >= 4 is 40.1 Å². The van der Waals surface area contributed by atoms with Gasteiger partial charge in [0, 0.05) is 18.4 Å². The zero-order valence-corrected chi connectivity index (χ0v) is 15.1. The molecule has 0 aliphatic carbocycles. The first-order valence-corrected chi connectivity index (χ1v) is 8.08. The summed E-state index contributed by atoms with van der Waals surface area (Å²) in [6.45, 7) is 1.39. The zero-order valence-electron chi connectivity index (χ0n) is 14.4. The number of furan rings is 1. The van der Waals surface area contributed by atoms with Crippen LogP contribution in [-0.2, 0) is 9.53 Å². The number of rotatable bonds is 4. The van der Waals surface area contributed by atoms with Crippen LogP contribution in [0.5, 0.6) is 5.75 Å². The van der Waals surface area contributed by atoms with E-state index >= 15 is 0 Å². The number of halogens is 1.